The second kappa shape index (κ2) is 11.1. The van der Waals surface area contributed by atoms with Gasteiger partial charge in [0.15, 0.2) is 5.96 Å². The van der Waals surface area contributed by atoms with Crippen molar-refractivity contribution in [2.75, 3.05) is 26.3 Å². The summed E-state index contributed by atoms with van der Waals surface area (Å²) in [6.07, 6.45) is 8.54. The minimum atomic E-state index is -0.0511. The van der Waals surface area contributed by atoms with Gasteiger partial charge in [-0.2, -0.15) is 0 Å². The summed E-state index contributed by atoms with van der Waals surface area (Å²) in [6, 6.07) is 4.21. The lowest BCUT2D eigenvalue weighted by Gasteiger charge is -2.29. The highest BCUT2D eigenvalue weighted by molar-refractivity contribution is 5.80. The molecule has 2 aliphatic rings. The number of carbonyl (C=O) groups is 1. The summed E-state index contributed by atoms with van der Waals surface area (Å²) in [6.45, 7) is 4.58. The molecule has 1 aliphatic heterocycles. The van der Waals surface area contributed by atoms with E-state index in [2.05, 4.69) is 10.6 Å². The number of rotatable bonds is 8. The molecule has 1 aromatic heterocycles. The zero-order valence-electron chi connectivity index (χ0n) is 16.8. The molecule has 1 aromatic rings. The molecule has 0 radical (unpaired) electrons. The van der Waals surface area contributed by atoms with Gasteiger partial charge in [-0.25, -0.2) is 0 Å². The molecule has 156 valence electrons. The number of esters is 1. The normalized spacial score (nSPS) is 25.5. The van der Waals surface area contributed by atoms with Gasteiger partial charge >= 0.3 is 5.97 Å². The van der Waals surface area contributed by atoms with Crippen LogP contribution in [0, 0.1) is 5.92 Å². The number of guanidine groups is 1. The van der Waals surface area contributed by atoms with Gasteiger partial charge in [0.1, 0.15) is 5.76 Å². The number of hydrogen-bond donors (Lipinski definition) is 2. The van der Waals surface area contributed by atoms with Crippen LogP contribution in [0.1, 0.15) is 51.2 Å². The minimum absolute atomic E-state index is 0.0391. The van der Waals surface area contributed by atoms with E-state index in [4.69, 9.17) is 18.9 Å². The van der Waals surface area contributed by atoms with Crippen LogP contribution < -0.4 is 10.6 Å². The number of hydrogen-bond acceptors (Lipinski definition) is 5. The van der Waals surface area contributed by atoms with Crippen molar-refractivity contribution in [2.24, 2.45) is 10.9 Å². The number of aliphatic imine (C=N–C) groups is 1. The van der Waals surface area contributed by atoms with E-state index < -0.39 is 0 Å². The van der Waals surface area contributed by atoms with Crippen molar-refractivity contribution in [3.8, 4) is 0 Å². The first kappa shape index (κ1) is 20.7. The Balaban J connectivity index is 1.48. The lowest BCUT2D eigenvalue weighted by Crippen LogP contribution is -2.46. The Morgan fingerprint density at radius 1 is 1.29 bits per heavy atom. The monoisotopic (exact) mass is 391 g/mol. The molecule has 0 spiro atoms. The highest BCUT2D eigenvalue weighted by Crippen LogP contribution is 2.25. The molecule has 28 heavy (non-hydrogen) atoms. The highest BCUT2D eigenvalue weighted by atomic mass is 16.5. The molecule has 1 unspecified atom stereocenters. The quantitative estimate of drug-likeness (QED) is 0.403. The van der Waals surface area contributed by atoms with Crippen molar-refractivity contribution in [3.05, 3.63) is 24.2 Å². The van der Waals surface area contributed by atoms with Crippen molar-refractivity contribution in [1.29, 1.82) is 0 Å². The lowest BCUT2D eigenvalue weighted by atomic mass is 9.86. The van der Waals surface area contributed by atoms with Gasteiger partial charge in [-0.1, -0.05) is 0 Å². The summed E-state index contributed by atoms with van der Waals surface area (Å²) < 4.78 is 16.3. The Hall–Kier alpha value is -2.02. The molecule has 2 N–H and O–H groups in total. The van der Waals surface area contributed by atoms with E-state index in [1.54, 1.807) is 6.26 Å². The maximum absolute atomic E-state index is 11.9. The third-order valence-corrected chi connectivity index (χ3v) is 5.41. The Bertz CT molecular complexity index is 603. The van der Waals surface area contributed by atoms with Crippen LogP contribution in [-0.2, 0) is 20.7 Å². The van der Waals surface area contributed by atoms with Crippen LogP contribution in [0.3, 0.4) is 0 Å². The van der Waals surface area contributed by atoms with Crippen LogP contribution in [0.25, 0.3) is 0 Å². The molecule has 0 aromatic carbocycles. The maximum Gasteiger partial charge on any atom is 0.308 e. The molecule has 2 heterocycles. The van der Waals surface area contributed by atoms with Crippen molar-refractivity contribution in [2.45, 2.75) is 64.0 Å². The number of ether oxygens (including phenoxy) is 2. The summed E-state index contributed by atoms with van der Waals surface area (Å²) in [5.41, 5.74) is 0. The van der Waals surface area contributed by atoms with Gasteiger partial charge in [0.2, 0.25) is 0 Å². The lowest BCUT2D eigenvalue weighted by molar-refractivity contribution is -0.149. The molecule has 1 saturated heterocycles. The van der Waals surface area contributed by atoms with Gasteiger partial charge in [-0.05, 0) is 57.6 Å². The Kier molecular flexibility index (Phi) is 8.21. The third-order valence-electron chi connectivity index (χ3n) is 5.41. The Labute approximate surface area is 167 Å². The highest BCUT2D eigenvalue weighted by Gasteiger charge is 2.27. The third kappa shape index (κ3) is 6.55. The van der Waals surface area contributed by atoms with Crippen LogP contribution in [0.15, 0.2) is 27.8 Å². The molecule has 0 bridgehead atoms. The Morgan fingerprint density at radius 2 is 2.14 bits per heavy atom. The first-order chi connectivity index (χ1) is 13.7. The summed E-state index contributed by atoms with van der Waals surface area (Å²) in [4.78, 5) is 16.7. The first-order valence-electron chi connectivity index (χ1n) is 10.6. The van der Waals surface area contributed by atoms with E-state index in [0.29, 0.717) is 19.2 Å². The van der Waals surface area contributed by atoms with Crippen molar-refractivity contribution in [3.63, 3.8) is 0 Å². The fourth-order valence-corrected chi connectivity index (χ4v) is 3.82. The molecule has 3 rings (SSSR count). The summed E-state index contributed by atoms with van der Waals surface area (Å²) >= 11 is 0. The van der Waals surface area contributed by atoms with Crippen LogP contribution >= 0.6 is 0 Å². The number of carbonyl (C=O) groups excluding carboxylic acids is 1. The van der Waals surface area contributed by atoms with Gasteiger partial charge in [0.25, 0.3) is 0 Å². The van der Waals surface area contributed by atoms with E-state index in [9.17, 15) is 4.79 Å². The standard InChI is InChI=1S/C21H33N3O4/c1-2-26-20(25)16-7-9-17(10-8-16)24-21(23-15-19-6-4-14-28-19)22-12-11-18-5-3-13-27-18/h3,5,13,16-17,19H,2,4,6-12,14-15H2,1H3,(H2,22,23,24). The fraction of sp³-hybridized carbons (Fsp3) is 0.714. The SMILES string of the molecule is CCOC(=O)C1CCC(NC(=NCC2CCCO2)NCCc2ccco2)CC1. The Morgan fingerprint density at radius 3 is 2.82 bits per heavy atom. The van der Waals surface area contributed by atoms with Crippen molar-refractivity contribution in [1.82, 2.24) is 10.6 Å². The molecule has 1 saturated carbocycles. The smallest absolute Gasteiger partial charge is 0.308 e. The molecular formula is C21H33N3O4. The van der Waals surface area contributed by atoms with Crippen LogP contribution in [0.5, 0.6) is 0 Å². The molecule has 7 nitrogen and oxygen atoms in total. The molecule has 0 amide bonds. The van der Waals surface area contributed by atoms with E-state index in [1.807, 2.05) is 19.1 Å². The van der Waals surface area contributed by atoms with E-state index in [-0.39, 0.29) is 18.0 Å². The van der Waals surface area contributed by atoms with Gasteiger partial charge in [0, 0.05) is 25.6 Å². The molecular weight excluding hydrogens is 358 g/mol. The second-order valence-electron chi connectivity index (χ2n) is 7.53. The average Bonchev–Trinajstić information content (AvgIpc) is 3.41. The largest absolute Gasteiger partial charge is 0.469 e. The zero-order valence-corrected chi connectivity index (χ0v) is 16.8. The minimum Gasteiger partial charge on any atom is -0.469 e. The van der Waals surface area contributed by atoms with E-state index in [1.165, 1.54) is 0 Å². The van der Waals surface area contributed by atoms with Crippen LogP contribution in [0.2, 0.25) is 0 Å². The number of furan rings is 1. The summed E-state index contributed by atoms with van der Waals surface area (Å²) in [5.74, 6) is 1.77. The van der Waals surface area contributed by atoms with E-state index >= 15 is 0 Å². The summed E-state index contributed by atoms with van der Waals surface area (Å²) in [7, 11) is 0. The van der Waals surface area contributed by atoms with Gasteiger partial charge in [-0.15, -0.1) is 0 Å². The first-order valence-corrected chi connectivity index (χ1v) is 10.6. The molecule has 1 atom stereocenters. The predicted molar refractivity (Wildman–Crippen MR) is 107 cm³/mol. The van der Waals surface area contributed by atoms with E-state index in [0.717, 1.165) is 69.8 Å². The van der Waals surface area contributed by atoms with Gasteiger partial charge in [0.05, 0.1) is 31.4 Å². The number of nitrogens with one attached hydrogen (secondary N) is 2. The number of nitrogens with zero attached hydrogens (tertiary/aromatic N) is 1. The molecule has 2 fully saturated rings. The van der Waals surface area contributed by atoms with Crippen LogP contribution in [0.4, 0.5) is 0 Å². The summed E-state index contributed by atoms with van der Waals surface area (Å²) in [5, 5.41) is 6.97. The average molecular weight is 392 g/mol. The van der Waals surface area contributed by atoms with Gasteiger partial charge < -0.3 is 24.5 Å². The predicted octanol–water partition coefficient (Wildman–Crippen LogP) is 2.66. The van der Waals surface area contributed by atoms with Crippen molar-refractivity contribution >= 4 is 11.9 Å². The molecule has 1 aliphatic carbocycles. The molecule has 7 heteroatoms. The zero-order chi connectivity index (χ0) is 19.6. The second-order valence-corrected chi connectivity index (χ2v) is 7.53. The topological polar surface area (TPSA) is 85.1 Å². The maximum atomic E-state index is 11.9. The van der Waals surface area contributed by atoms with Gasteiger partial charge in [-0.3, -0.25) is 9.79 Å². The van der Waals surface area contributed by atoms with Crippen LogP contribution in [-0.4, -0.2) is 50.4 Å². The fourth-order valence-electron chi connectivity index (χ4n) is 3.82. The van der Waals surface area contributed by atoms with Crippen molar-refractivity contribution < 1.29 is 18.7 Å².